The Labute approximate surface area is 171 Å². The fourth-order valence-electron chi connectivity index (χ4n) is 4.28. The maximum atomic E-state index is 12.9. The number of pyridine rings is 2. The van der Waals surface area contributed by atoms with Gasteiger partial charge in [-0.3, -0.25) is 19.7 Å². The van der Waals surface area contributed by atoms with Crippen molar-refractivity contribution in [3.05, 3.63) is 60.2 Å². The van der Waals surface area contributed by atoms with Crippen LogP contribution in [-0.2, 0) is 20.8 Å². The van der Waals surface area contributed by atoms with Gasteiger partial charge in [-0.2, -0.15) is 0 Å². The molecule has 0 spiro atoms. The van der Waals surface area contributed by atoms with E-state index in [1.54, 1.807) is 19.5 Å². The molecule has 0 unspecified atom stereocenters. The Kier molecular flexibility index (Phi) is 6.49. The molecule has 2 saturated heterocycles. The van der Waals surface area contributed by atoms with E-state index in [0.717, 1.165) is 43.7 Å². The number of β-lactam (4-membered cyclic amide) rings is 1. The third-order valence-corrected chi connectivity index (χ3v) is 5.78. The summed E-state index contributed by atoms with van der Waals surface area (Å²) in [6.45, 7) is 3.69. The van der Waals surface area contributed by atoms with Gasteiger partial charge in [-0.05, 0) is 42.7 Å². The van der Waals surface area contributed by atoms with Crippen molar-refractivity contribution in [2.75, 3.05) is 33.4 Å². The molecule has 4 rings (SSSR count). The monoisotopic (exact) mass is 396 g/mol. The molecule has 154 valence electrons. The van der Waals surface area contributed by atoms with Crippen LogP contribution in [0.1, 0.15) is 30.1 Å². The quantitative estimate of drug-likeness (QED) is 0.503. The van der Waals surface area contributed by atoms with Gasteiger partial charge in [0.2, 0.25) is 0 Å². The van der Waals surface area contributed by atoms with Crippen LogP contribution < -0.4 is 0 Å². The lowest BCUT2D eigenvalue weighted by molar-refractivity contribution is -0.184. The minimum absolute atomic E-state index is 0.0466. The highest BCUT2D eigenvalue weighted by Gasteiger charge is 2.52. The number of likely N-dealkylation sites (tertiary alicyclic amines) is 2. The number of amides is 1. The summed E-state index contributed by atoms with van der Waals surface area (Å²) in [5.74, 6) is 0.0890. The second kappa shape index (κ2) is 9.43. The lowest BCUT2D eigenvalue weighted by atomic mass is 9.86. The van der Waals surface area contributed by atoms with Gasteiger partial charge in [0.15, 0.2) is 6.10 Å². The van der Waals surface area contributed by atoms with E-state index >= 15 is 0 Å². The number of piperidine rings is 1. The molecule has 0 aliphatic carbocycles. The summed E-state index contributed by atoms with van der Waals surface area (Å²) in [6, 6.07) is 10.2. The lowest BCUT2D eigenvalue weighted by Crippen LogP contribution is -2.64. The Morgan fingerprint density at radius 2 is 1.86 bits per heavy atom. The van der Waals surface area contributed by atoms with Gasteiger partial charge in [0, 0.05) is 51.4 Å². The number of hydrogen-bond donors (Lipinski definition) is 0. The third-order valence-electron chi connectivity index (χ3n) is 5.78. The molecule has 0 bridgehead atoms. The van der Waals surface area contributed by atoms with Crippen LogP contribution in [0.5, 0.6) is 0 Å². The van der Waals surface area contributed by atoms with Gasteiger partial charge in [-0.15, -0.1) is 0 Å². The highest BCUT2D eigenvalue weighted by Crippen LogP contribution is 2.40. The van der Waals surface area contributed by atoms with Crippen LogP contribution in [-0.4, -0.2) is 71.2 Å². The summed E-state index contributed by atoms with van der Waals surface area (Å²) in [6.07, 6.45) is 6.88. The van der Waals surface area contributed by atoms with Crippen LogP contribution in [0.25, 0.3) is 0 Å². The van der Waals surface area contributed by atoms with E-state index in [9.17, 15) is 4.79 Å². The second-order valence-corrected chi connectivity index (χ2v) is 7.58. The topological polar surface area (TPSA) is 67.8 Å². The van der Waals surface area contributed by atoms with Crippen LogP contribution in [0, 0.1) is 0 Å². The lowest BCUT2D eigenvalue weighted by Gasteiger charge is -2.52. The molecule has 2 aromatic rings. The average molecular weight is 396 g/mol. The van der Waals surface area contributed by atoms with E-state index < -0.39 is 6.10 Å². The average Bonchev–Trinajstić information content (AvgIpc) is 2.77. The first-order valence-electron chi connectivity index (χ1n) is 10.2. The first-order chi connectivity index (χ1) is 14.3. The molecular weight excluding hydrogens is 368 g/mol. The maximum Gasteiger partial charge on any atom is 0.255 e. The Morgan fingerprint density at radius 1 is 1.07 bits per heavy atom. The SMILES string of the molecule is COCCO[C@H]1C(=O)N(C2CCN(Cc3ccccn3)CC2)[C@H]1c1ccncc1. The van der Waals surface area contributed by atoms with Crippen LogP contribution >= 0.6 is 0 Å². The maximum absolute atomic E-state index is 12.9. The van der Waals surface area contributed by atoms with Gasteiger partial charge >= 0.3 is 0 Å². The standard InChI is InChI=1S/C22H28N4O3/c1-28-14-15-29-21-20(17-5-10-23-11-6-17)26(22(21)27)19-7-12-25(13-8-19)16-18-4-2-3-9-24-18/h2-6,9-11,19-21H,7-8,12-16H2,1H3/t20-,21+/m0/s1. The molecule has 7 nitrogen and oxygen atoms in total. The van der Waals surface area contributed by atoms with Crippen molar-refractivity contribution in [1.29, 1.82) is 0 Å². The number of nitrogens with zero attached hydrogens (tertiary/aromatic N) is 4. The smallest absolute Gasteiger partial charge is 0.255 e. The number of hydrogen-bond acceptors (Lipinski definition) is 6. The third kappa shape index (κ3) is 4.47. The molecule has 1 amide bonds. The van der Waals surface area contributed by atoms with Gasteiger partial charge in [-0.25, -0.2) is 0 Å². The highest BCUT2D eigenvalue weighted by molar-refractivity contribution is 5.89. The van der Waals surface area contributed by atoms with Crippen molar-refractivity contribution in [2.24, 2.45) is 0 Å². The summed E-state index contributed by atoms with van der Waals surface area (Å²) in [5, 5.41) is 0. The molecule has 0 saturated carbocycles. The molecule has 2 aliphatic rings. The predicted octanol–water partition coefficient (Wildman–Crippen LogP) is 2.06. The Hall–Kier alpha value is -2.35. The Morgan fingerprint density at radius 3 is 2.55 bits per heavy atom. The Bertz CT molecular complexity index is 781. The summed E-state index contributed by atoms with van der Waals surface area (Å²) >= 11 is 0. The van der Waals surface area contributed by atoms with E-state index in [2.05, 4.69) is 20.9 Å². The zero-order valence-electron chi connectivity index (χ0n) is 16.8. The fraction of sp³-hybridized carbons (Fsp3) is 0.500. The van der Waals surface area contributed by atoms with Gasteiger partial charge in [-0.1, -0.05) is 6.07 Å². The van der Waals surface area contributed by atoms with Gasteiger partial charge in [0.25, 0.3) is 5.91 Å². The summed E-state index contributed by atoms with van der Waals surface area (Å²) in [4.78, 5) is 25.9. The molecule has 29 heavy (non-hydrogen) atoms. The highest BCUT2D eigenvalue weighted by atomic mass is 16.5. The van der Waals surface area contributed by atoms with Crippen molar-refractivity contribution in [3.63, 3.8) is 0 Å². The van der Waals surface area contributed by atoms with E-state index in [0.29, 0.717) is 13.2 Å². The van der Waals surface area contributed by atoms with Crippen LogP contribution in [0.2, 0.25) is 0 Å². The van der Waals surface area contributed by atoms with E-state index in [1.807, 2.05) is 35.4 Å². The van der Waals surface area contributed by atoms with Crippen LogP contribution in [0.4, 0.5) is 0 Å². The van der Waals surface area contributed by atoms with Gasteiger partial charge in [0.1, 0.15) is 0 Å². The van der Waals surface area contributed by atoms with Gasteiger partial charge < -0.3 is 14.4 Å². The molecule has 7 heteroatoms. The molecule has 2 fully saturated rings. The minimum atomic E-state index is -0.431. The van der Waals surface area contributed by atoms with Gasteiger partial charge in [0.05, 0.1) is 24.9 Å². The number of carbonyl (C=O) groups is 1. The number of methoxy groups -OCH3 is 1. The normalized spacial score (nSPS) is 23.2. The zero-order chi connectivity index (χ0) is 20.1. The summed E-state index contributed by atoms with van der Waals surface area (Å²) in [5.41, 5.74) is 2.17. The number of aromatic nitrogens is 2. The largest absolute Gasteiger partial charge is 0.382 e. The van der Waals surface area contributed by atoms with Crippen molar-refractivity contribution in [2.45, 2.75) is 37.6 Å². The van der Waals surface area contributed by atoms with E-state index in [-0.39, 0.29) is 18.0 Å². The molecule has 2 aromatic heterocycles. The van der Waals surface area contributed by atoms with Crippen LogP contribution in [0.15, 0.2) is 48.9 Å². The summed E-state index contributed by atoms with van der Waals surface area (Å²) < 4.78 is 10.9. The molecular formula is C22H28N4O3. The molecule has 2 aliphatic heterocycles. The van der Waals surface area contributed by atoms with E-state index in [4.69, 9.17) is 9.47 Å². The van der Waals surface area contributed by atoms with Crippen LogP contribution in [0.3, 0.4) is 0 Å². The second-order valence-electron chi connectivity index (χ2n) is 7.58. The molecule has 0 radical (unpaired) electrons. The van der Waals surface area contributed by atoms with Crippen molar-refractivity contribution < 1.29 is 14.3 Å². The summed E-state index contributed by atoms with van der Waals surface area (Å²) in [7, 11) is 1.64. The molecule has 0 N–H and O–H groups in total. The zero-order valence-corrected chi connectivity index (χ0v) is 16.8. The van der Waals surface area contributed by atoms with Crippen molar-refractivity contribution >= 4 is 5.91 Å². The molecule has 2 atom stereocenters. The predicted molar refractivity (Wildman–Crippen MR) is 108 cm³/mol. The van der Waals surface area contributed by atoms with Crippen molar-refractivity contribution in [3.8, 4) is 0 Å². The van der Waals surface area contributed by atoms with E-state index in [1.165, 1.54) is 0 Å². The number of rotatable bonds is 8. The minimum Gasteiger partial charge on any atom is -0.382 e. The first-order valence-corrected chi connectivity index (χ1v) is 10.2. The number of ether oxygens (including phenoxy) is 2. The first kappa shape index (κ1) is 19.9. The molecule has 4 heterocycles. The number of carbonyl (C=O) groups excluding carboxylic acids is 1. The molecule has 0 aromatic carbocycles. The Balaban J connectivity index is 1.40. The fourth-order valence-corrected chi connectivity index (χ4v) is 4.28. The van der Waals surface area contributed by atoms with Crippen molar-refractivity contribution in [1.82, 2.24) is 19.8 Å².